The Morgan fingerprint density at radius 1 is 1.27 bits per heavy atom. The number of hydrogen-bond acceptors (Lipinski definition) is 11. The number of nitrogens with one attached hydrogen (secondary N) is 1. The molecule has 0 amide bonds. The summed E-state index contributed by atoms with van der Waals surface area (Å²) < 4.78 is 51.1. The van der Waals surface area contributed by atoms with Gasteiger partial charge < -0.3 is 29.9 Å². The van der Waals surface area contributed by atoms with Crippen LogP contribution in [0.4, 0.5) is 10.2 Å². The van der Waals surface area contributed by atoms with E-state index in [-0.39, 0.29) is 5.75 Å². The second kappa shape index (κ2) is 11.8. The SMILES string of the molecule is CC(C)OC(=O)[C@@H](C)NP(=O)(OC[C@H]1O[C@@H](n2cc(F)c(N)nc2=O)[C@](C)(O)[C@@H]1O)Oc1cccc2ccccc12. The Balaban J connectivity index is 1.60. The summed E-state index contributed by atoms with van der Waals surface area (Å²) in [7, 11) is -4.42. The molecule has 41 heavy (non-hydrogen) atoms. The van der Waals surface area contributed by atoms with Crippen LogP contribution >= 0.6 is 7.75 Å². The van der Waals surface area contributed by atoms with Gasteiger partial charge in [0.2, 0.25) is 0 Å². The standard InChI is InChI=1S/C26H32FN4O9P/c1-14(2)38-23(33)15(3)30-41(36,40-19-11-7-9-16-8-5-6-10-17(16)19)37-13-20-21(32)26(4,35)24(39-20)31-12-18(27)22(28)29-25(31)34/h5-12,14-15,20-21,24,32,35H,13H2,1-4H3,(H,30,36)(H2,28,29,34)/t15-,20-,21-,24-,26-,41?/m1/s1. The molecule has 1 aliphatic heterocycles. The van der Waals surface area contributed by atoms with E-state index >= 15 is 0 Å². The molecular formula is C26H32FN4O9P. The molecule has 222 valence electrons. The number of aliphatic hydroxyl groups is 2. The number of aromatic nitrogens is 2. The average molecular weight is 595 g/mol. The number of ether oxygens (including phenoxy) is 2. The second-order valence-electron chi connectivity index (χ2n) is 10.1. The first-order valence-electron chi connectivity index (χ1n) is 12.7. The molecule has 1 unspecified atom stereocenters. The minimum Gasteiger partial charge on any atom is -0.462 e. The molecule has 0 aliphatic carbocycles. The van der Waals surface area contributed by atoms with Gasteiger partial charge in [-0.15, -0.1) is 0 Å². The van der Waals surface area contributed by atoms with Crippen molar-refractivity contribution in [3.05, 3.63) is 65.0 Å². The number of esters is 1. The van der Waals surface area contributed by atoms with Crippen molar-refractivity contribution in [3.63, 3.8) is 0 Å². The summed E-state index contributed by atoms with van der Waals surface area (Å²) in [6.07, 6.45) is -4.44. The van der Waals surface area contributed by atoms with Crippen LogP contribution in [0.2, 0.25) is 0 Å². The monoisotopic (exact) mass is 594 g/mol. The Bertz CT molecular complexity index is 1530. The third-order valence-electron chi connectivity index (χ3n) is 6.38. The van der Waals surface area contributed by atoms with Crippen molar-refractivity contribution in [2.45, 2.75) is 63.9 Å². The Labute approximate surface area is 234 Å². The highest BCUT2D eigenvalue weighted by atomic mass is 31.2. The van der Waals surface area contributed by atoms with Gasteiger partial charge in [-0.1, -0.05) is 36.4 Å². The molecule has 2 aromatic carbocycles. The third-order valence-corrected chi connectivity index (χ3v) is 8.01. The van der Waals surface area contributed by atoms with E-state index < -0.39 is 73.8 Å². The van der Waals surface area contributed by atoms with Gasteiger partial charge in [-0.3, -0.25) is 13.9 Å². The highest BCUT2D eigenvalue weighted by Gasteiger charge is 2.54. The number of hydrogen-bond donors (Lipinski definition) is 4. The van der Waals surface area contributed by atoms with Gasteiger partial charge in [-0.2, -0.15) is 10.1 Å². The molecule has 1 aromatic heterocycles. The molecule has 0 spiro atoms. The van der Waals surface area contributed by atoms with Crippen molar-refractivity contribution in [1.29, 1.82) is 0 Å². The topological polar surface area (TPSA) is 184 Å². The largest absolute Gasteiger partial charge is 0.462 e. The zero-order valence-electron chi connectivity index (χ0n) is 22.8. The highest BCUT2D eigenvalue weighted by molar-refractivity contribution is 7.52. The normalized spacial score (nSPS) is 24.7. The fourth-order valence-corrected chi connectivity index (χ4v) is 5.82. The number of nitrogens with zero attached hydrogens (tertiary/aromatic N) is 2. The van der Waals surface area contributed by atoms with E-state index in [0.717, 1.165) is 12.3 Å². The number of nitrogen functional groups attached to an aromatic ring is 1. The lowest BCUT2D eigenvalue weighted by atomic mass is 9.96. The summed E-state index contributed by atoms with van der Waals surface area (Å²) in [4.78, 5) is 28.2. The molecule has 0 bridgehead atoms. The van der Waals surface area contributed by atoms with E-state index in [1.54, 1.807) is 38.1 Å². The molecule has 4 rings (SSSR count). The Morgan fingerprint density at radius 2 is 1.95 bits per heavy atom. The maximum absolute atomic E-state index is 14.1. The van der Waals surface area contributed by atoms with Crippen LogP contribution < -0.4 is 21.0 Å². The minimum absolute atomic E-state index is 0.177. The van der Waals surface area contributed by atoms with Crippen molar-refractivity contribution in [2.75, 3.05) is 12.3 Å². The molecule has 0 radical (unpaired) electrons. The number of benzene rings is 2. The van der Waals surface area contributed by atoms with Gasteiger partial charge in [0, 0.05) is 5.39 Å². The number of rotatable bonds is 10. The third kappa shape index (κ3) is 6.58. The number of carbonyl (C=O) groups excluding carboxylic acids is 1. The predicted molar refractivity (Wildman–Crippen MR) is 145 cm³/mol. The second-order valence-corrected chi connectivity index (χ2v) is 11.8. The molecular weight excluding hydrogens is 562 g/mol. The molecule has 5 N–H and O–H groups in total. The quantitative estimate of drug-likeness (QED) is 0.199. The van der Waals surface area contributed by atoms with Crippen molar-refractivity contribution >= 4 is 30.3 Å². The molecule has 1 aliphatic rings. The number of fused-ring (bicyclic) bond motifs is 1. The van der Waals surface area contributed by atoms with E-state index in [4.69, 9.17) is 24.3 Å². The number of aliphatic hydroxyl groups excluding tert-OH is 1. The maximum Gasteiger partial charge on any atom is 0.459 e. The number of anilines is 1. The van der Waals surface area contributed by atoms with Gasteiger partial charge in [0.1, 0.15) is 29.6 Å². The lowest BCUT2D eigenvalue weighted by Gasteiger charge is -2.27. The van der Waals surface area contributed by atoms with E-state index in [2.05, 4.69) is 10.1 Å². The van der Waals surface area contributed by atoms with Gasteiger partial charge in [0.25, 0.3) is 0 Å². The van der Waals surface area contributed by atoms with Crippen LogP contribution in [0.3, 0.4) is 0 Å². The van der Waals surface area contributed by atoms with Crippen LogP contribution in [-0.4, -0.2) is 62.3 Å². The first-order chi connectivity index (χ1) is 19.2. The van der Waals surface area contributed by atoms with Crippen LogP contribution in [0.15, 0.2) is 53.5 Å². The molecule has 3 aromatic rings. The van der Waals surface area contributed by atoms with Crippen LogP contribution in [0.5, 0.6) is 5.75 Å². The lowest BCUT2D eigenvalue weighted by Crippen LogP contribution is -2.46. The van der Waals surface area contributed by atoms with Gasteiger partial charge in [-0.05, 0) is 39.1 Å². The van der Waals surface area contributed by atoms with E-state index in [9.17, 15) is 28.8 Å². The van der Waals surface area contributed by atoms with E-state index in [1.807, 2.05) is 18.2 Å². The van der Waals surface area contributed by atoms with Crippen molar-refractivity contribution < 1.29 is 42.5 Å². The van der Waals surface area contributed by atoms with Gasteiger partial charge >= 0.3 is 19.4 Å². The fourth-order valence-electron chi connectivity index (χ4n) is 4.29. The zero-order chi connectivity index (χ0) is 30.1. The average Bonchev–Trinajstić information content (AvgIpc) is 3.13. The maximum atomic E-state index is 14.1. The summed E-state index contributed by atoms with van der Waals surface area (Å²) in [6.45, 7) is 5.24. The molecule has 0 saturated carbocycles. The van der Waals surface area contributed by atoms with Crippen LogP contribution in [0.1, 0.15) is 33.9 Å². The Kier molecular flexibility index (Phi) is 8.83. The molecule has 13 nitrogen and oxygen atoms in total. The number of carbonyl (C=O) groups is 1. The number of nitrogens with two attached hydrogens (primary N) is 1. The molecule has 15 heteroatoms. The molecule has 6 atom stereocenters. The Morgan fingerprint density at radius 3 is 2.66 bits per heavy atom. The summed E-state index contributed by atoms with van der Waals surface area (Å²) in [5.41, 5.74) is 2.16. The summed E-state index contributed by atoms with van der Waals surface area (Å²) >= 11 is 0. The first-order valence-corrected chi connectivity index (χ1v) is 14.3. The predicted octanol–water partition coefficient (Wildman–Crippen LogP) is 2.26. The van der Waals surface area contributed by atoms with Crippen molar-refractivity contribution in [1.82, 2.24) is 14.6 Å². The van der Waals surface area contributed by atoms with E-state index in [0.29, 0.717) is 16.2 Å². The van der Waals surface area contributed by atoms with Crippen LogP contribution in [0, 0.1) is 5.82 Å². The van der Waals surface area contributed by atoms with Gasteiger partial charge in [-0.25, -0.2) is 13.8 Å². The summed E-state index contributed by atoms with van der Waals surface area (Å²) in [5, 5.41) is 25.7. The molecule has 1 fully saturated rings. The van der Waals surface area contributed by atoms with Crippen LogP contribution in [-0.2, 0) is 23.4 Å². The fraction of sp³-hybridized carbons (Fsp3) is 0.423. The van der Waals surface area contributed by atoms with Gasteiger partial charge in [0.05, 0.1) is 18.9 Å². The molecule has 2 heterocycles. The zero-order valence-corrected chi connectivity index (χ0v) is 23.7. The lowest BCUT2D eigenvalue weighted by molar-refractivity contribution is -0.149. The van der Waals surface area contributed by atoms with Crippen molar-refractivity contribution in [2.24, 2.45) is 0 Å². The Hall–Kier alpha value is -3.39. The first kappa shape index (κ1) is 30.6. The van der Waals surface area contributed by atoms with Crippen LogP contribution in [0.25, 0.3) is 10.8 Å². The van der Waals surface area contributed by atoms with Gasteiger partial charge in [0.15, 0.2) is 17.9 Å². The smallest absolute Gasteiger partial charge is 0.459 e. The summed E-state index contributed by atoms with van der Waals surface area (Å²) in [6, 6.07) is 11.1. The highest BCUT2D eigenvalue weighted by Crippen LogP contribution is 2.48. The number of halogens is 1. The minimum atomic E-state index is -4.42. The molecule has 1 saturated heterocycles. The van der Waals surface area contributed by atoms with E-state index in [1.165, 1.54) is 6.92 Å². The van der Waals surface area contributed by atoms with Crippen molar-refractivity contribution in [3.8, 4) is 5.75 Å². The summed E-state index contributed by atoms with van der Waals surface area (Å²) in [5.74, 6) is -2.23.